The summed E-state index contributed by atoms with van der Waals surface area (Å²) < 4.78 is 0. The number of para-hydroxylation sites is 1. The van der Waals surface area contributed by atoms with Gasteiger partial charge in [0, 0.05) is 17.5 Å². The maximum Gasteiger partial charge on any atom is 0.152 e. The monoisotopic (exact) mass is 314 g/mol. The third-order valence-corrected chi connectivity index (χ3v) is 3.73. The van der Waals surface area contributed by atoms with Gasteiger partial charge in [-0.05, 0) is 30.7 Å². The lowest BCUT2D eigenvalue weighted by atomic mass is 10.1. The molecule has 0 unspecified atom stereocenters. The van der Waals surface area contributed by atoms with Gasteiger partial charge < -0.3 is 0 Å². The van der Waals surface area contributed by atoms with Crippen molar-refractivity contribution in [2.45, 2.75) is 6.54 Å². The molecule has 0 fully saturated rings. The summed E-state index contributed by atoms with van der Waals surface area (Å²) in [5, 5.41) is 0.950. The number of nitrogens with zero attached hydrogens (tertiary/aromatic N) is 2. The first kappa shape index (κ1) is 15.9. The van der Waals surface area contributed by atoms with Crippen LogP contribution in [-0.4, -0.2) is 29.8 Å². The number of pyridine rings is 1. The normalized spacial score (nSPS) is 10.4. The first-order valence-corrected chi connectivity index (χ1v) is 7.82. The smallest absolute Gasteiger partial charge is 0.152 e. The molecule has 0 N–H and O–H groups in total. The van der Waals surface area contributed by atoms with Crippen LogP contribution in [-0.2, 0) is 6.54 Å². The molecule has 0 saturated heterocycles. The SMILES string of the molecule is CN(CC#Cc1nc2ccccc2cc1C=O)Cc1ccccc1. The topological polar surface area (TPSA) is 33.2 Å². The van der Waals surface area contributed by atoms with Crippen LogP contribution in [0.1, 0.15) is 21.6 Å². The summed E-state index contributed by atoms with van der Waals surface area (Å²) in [4.78, 5) is 17.9. The summed E-state index contributed by atoms with van der Waals surface area (Å²) in [6.07, 6.45) is 0.817. The van der Waals surface area contributed by atoms with E-state index in [0.29, 0.717) is 17.8 Å². The van der Waals surface area contributed by atoms with Crippen LogP contribution in [0.15, 0.2) is 60.7 Å². The summed E-state index contributed by atoms with van der Waals surface area (Å²) in [5.41, 5.74) is 3.17. The number of fused-ring (bicyclic) bond motifs is 1. The van der Waals surface area contributed by atoms with E-state index >= 15 is 0 Å². The zero-order valence-electron chi connectivity index (χ0n) is 13.6. The minimum Gasteiger partial charge on any atom is -0.298 e. The summed E-state index contributed by atoms with van der Waals surface area (Å²) in [6.45, 7) is 1.45. The lowest BCUT2D eigenvalue weighted by Crippen LogP contribution is -2.17. The Bertz CT molecular complexity index is 907. The Balaban J connectivity index is 1.75. The van der Waals surface area contributed by atoms with Crippen LogP contribution < -0.4 is 0 Å². The maximum atomic E-state index is 11.3. The molecule has 118 valence electrons. The van der Waals surface area contributed by atoms with Crippen LogP contribution in [0.5, 0.6) is 0 Å². The van der Waals surface area contributed by atoms with Crippen molar-refractivity contribution in [3.05, 3.63) is 77.5 Å². The molecule has 0 aliphatic rings. The lowest BCUT2D eigenvalue weighted by Gasteiger charge is -2.12. The maximum absolute atomic E-state index is 11.3. The van der Waals surface area contributed by atoms with Crippen LogP contribution in [0.3, 0.4) is 0 Å². The van der Waals surface area contributed by atoms with Crippen LogP contribution in [0.2, 0.25) is 0 Å². The van der Waals surface area contributed by atoms with Crippen LogP contribution >= 0.6 is 0 Å². The van der Waals surface area contributed by atoms with E-state index in [1.165, 1.54) is 5.56 Å². The number of aldehydes is 1. The molecule has 0 aliphatic carbocycles. The Kier molecular flexibility index (Phi) is 5.00. The molecule has 2 aromatic carbocycles. The van der Waals surface area contributed by atoms with Gasteiger partial charge >= 0.3 is 0 Å². The largest absolute Gasteiger partial charge is 0.298 e. The molecule has 3 aromatic rings. The fourth-order valence-electron chi connectivity index (χ4n) is 2.53. The van der Waals surface area contributed by atoms with Crippen molar-refractivity contribution in [1.29, 1.82) is 0 Å². The van der Waals surface area contributed by atoms with E-state index in [4.69, 9.17) is 0 Å². The molecule has 0 bridgehead atoms. The molecule has 3 nitrogen and oxygen atoms in total. The van der Waals surface area contributed by atoms with Crippen LogP contribution in [0.25, 0.3) is 10.9 Å². The number of rotatable bonds is 4. The third kappa shape index (κ3) is 3.87. The predicted molar refractivity (Wildman–Crippen MR) is 96.8 cm³/mol. The molecule has 24 heavy (non-hydrogen) atoms. The van der Waals surface area contributed by atoms with Gasteiger partial charge in [0.2, 0.25) is 0 Å². The molecular formula is C21H18N2O. The highest BCUT2D eigenvalue weighted by atomic mass is 16.1. The fourth-order valence-corrected chi connectivity index (χ4v) is 2.53. The Morgan fingerprint density at radius 2 is 1.83 bits per heavy atom. The van der Waals surface area contributed by atoms with E-state index in [0.717, 1.165) is 23.7 Å². The number of carbonyl (C=O) groups is 1. The van der Waals surface area contributed by atoms with Gasteiger partial charge in [-0.3, -0.25) is 9.69 Å². The van der Waals surface area contributed by atoms with Gasteiger partial charge in [-0.25, -0.2) is 4.98 Å². The van der Waals surface area contributed by atoms with Crippen molar-refractivity contribution in [2.75, 3.05) is 13.6 Å². The van der Waals surface area contributed by atoms with Crippen molar-refractivity contribution >= 4 is 17.2 Å². The molecule has 1 aromatic heterocycles. The zero-order valence-corrected chi connectivity index (χ0v) is 13.6. The molecule has 3 heteroatoms. The lowest BCUT2D eigenvalue weighted by molar-refractivity contribution is 0.112. The van der Waals surface area contributed by atoms with Gasteiger partial charge in [0.1, 0.15) is 5.69 Å². The molecule has 3 rings (SSSR count). The van der Waals surface area contributed by atoms with E-state index in [1.54, 1.807) is 0 Å². The van der Waals surface area contributed by atoms with Gasteiger partial charge in [-0.1, -0.05) is 54.5 Å². The number of carbonyl (C=O) groups excluding carboxylic acids is 1. The molecule has 0 saturated carbocycles. The van der Waals surface area contributed by atoms with Crippen molar-refractivity contribution in [2.24, 2.45) is 0 Å². The quantitative estimate of drug-likeness (QED) is 0.545. The first-order valence-electron chi connectivity index (χ1n) is 7.82. The van der Waals surface area contributed by atoms with Crippen LogP contribution in [0, 0.1) is 11.8 Å². The Morgan fingerprint density at radius 1 is 1.08 bits per heavy atom. The number of benzene rings is 2. The van der Waals surface area contributed by atoms with Gasteiger partial charge in [0.05, 0.1) is 12.1 Å². The van der Waals surface area contributed by atoms with Gasteiger partial charge in [-0.2, -0.15) is 0 Å². The van der Waals surface area contributed by atoms with E-state index in [-0.39, 0.29) is 0 Å². The van der Waals surface area contributed by atoms with Gasteiger partial charge in [0.15, 0.2) is 6.29 Å². The second-order valence-corrected chi connectivity index (χ2v) is 5.70. The summed E-state index contributed by atoms with van der Waals surface area (Å²) in [6, 6.07) is 19.8. The predicted octanol–water partition coefficient (Wildman–Crippen LogP) is 3.53. The van der Waals surface area contributed by atoms with E-state index < -0.39 is 0 Å². The molecule has 0 spiro atoms. The molecule has 1 heterocycles. The summed E-state index contributed by atoms with van der Waals surface area (Å²) in [7, 11) is 2.02. The second-order valence-electron chi connectivity index (χ2n) is 5.70. The van der Waals surface area contributed by atoms with Crippen molar-refractivity contribution in [1.82, 2.24) is 9.88 Å². The Labute approximate surface area is 142 Å². The molecule has 0 aliphatic heterocycles. The number of hydrogen-bond acceptors (Lipinski definition) is 3. The van der Waals surface area contributed by atoms with Gasteiger partial charge in [-0.15, -0.1) is 0 Å². The summed E-state index contributed by atoms with van der Waals surface area (Å²) >= 11 is 0. The molecule has 0 radical (unpaired) electrons. The minimum atomic E-state index is 0.534. The Hall–Kier alpha value is -2.96. The highest BCUT2D eigenvalue weighted by Crippen LogP contribution is 2.15. The average Bonchev–Trinajstić information content (AvgIpc) is 2.62. The first-order chi connectivity index (χ1) is 11.8. The van der Waals surface area contributed by atoms with Crippen molar-refractivity contribution in [3.8, 4) is 11.8 Å². The standard InChI is InChI=1S/C21H18N2O/c1-23(15-17-8-3-2-4-9-17)13-7-12-21-19(16-24)14-18-10-5-6-11-20(18)22-21/h2-6,8-11,14,16H,13,15H2,1H3. The average molecular weight is 314 g/mol. The Morgan fingerprint density at radius 3 is 2.62 bits per heavy atom. The fraction of sp³-hybridized carbons (Fsp3) is 0.143. The van der Waals surface area contributed by atoms with Gasteiger partial charge in [0.25, 0.3) is 0 Å². The van der Waals surface area contributed by atoms with Crippen molar-refractivity contribution < 1.29 is 4.79 Å². The number of aromatic nitrogens is 1. The third-order valence-electron chi connectivity index (χ3n) is 3.73. The van der Waals surface area contributed by atoms with E-state index in [2.05, 4.69) is 33.9 Å². The highest BCUT2D eigenvalue weighted by molar-refractivity contribution is 5.88. The minimum absolute atomic E-state index is 0.534. The zero-order chi connectivity index (χ0) is 16.8. The van der Waals surface area contributed by atoms with Crippen LogP contribution in [0.4, 0.5) is 0 Å². The van der Waals surface area contributed by atoms with Crippen molar-refractivity contribution in [3.63, 3.8) is 0 Å². The van der Waals surface area contributed by atoms with E-state index in [9.17, 15) is 4.79 Å². The number of hydrogen-bond donors (Lipinski definition) is 0. The second kappa shape index (κ2) is 7.54. The molecule has 0 atom stereocenters. The summed E-state index contributed by atoms with van der Waals surface area (Å²) in [5.74, 6) is 6.15. The van der Waals surface area contributed by atoms with E-state index in [1.807, 2.05) is 55.6 Å². The molecule has 0 amide bonds. The highest BCUT2D eigenvalue weighted by Gasteiger charge is 2.04. The molecular weight excluding hydrogens is 296 g/mol.